The molecule has 0 saturated carbocycles. The normalized spacial score (nSPS) is 10.9. The first-order valence-corrected chi connectivity index (χ1v) is 3.72. The van der Waals surface area contributed by atoms with Crippen molar-refractivity contribution in [3.05, 3.63) is 33.6 Å². The van der Waals surface area contributed by atoms with Crippen molar-refractivity contribution in [3.63, 3.8) is 0 Å². The second-order valence-electron chi connectivity index (χ2n) is 2.03. The third-order valence-electron chi connectivity index (χ3n) is 1.23. The van der Waals surface area contributed by atoms with Crippen molar-refractivity contribution in [2.45, 2.75) is 0 Å². The molecule has 12 heavy (non-hydrogen) atoms. The van der Waals surface area contributed by atoms with E-state index in [1.165, 1.54) is 0 Å². The monoisotopic (exact) mass is 207 g/mol. The van der Waals surface area contributed by atoms with E-state index in [1.807, 2.05) is 0 Å². The summed E-state index contributed by atoms with van der Waals surface area (Å²) >= 11 is 11.2. The Morgan fingerprint density at radius 3 is 2.25 bits per heavy atom. The number of nitrogens with zero attached hydrogens (tertiary/aromatic N) is 1. The minimum absolute atomic E-state index is 0.109. The van der Waals surface area contributed by atoms with Gasteiger partial charge in [0.2, 0.25) is 0 Å². The Hall–Kier alpha value is -0.800. The number of halogens is 3. The van der Waals surface area contributed by atoms with Crippen LogP contribution in [0.3, 0.4) is 0 Å². The van der Waals surface area contributed by atoms with E-state index in [1.54, 1.807) is 0 Å². The molecule has 0 aromatic heterocycles. The first-order chi connectivity index (χ1) is 5.65. The van der Waals surface area contributed by atoms with Crippen molar-refractivity contribution in [3.8, 4) is 0 Å². The largest absolute Gasteiger partial charge is 0.411 e. The molecule has 0 unspecified atom stereocenters. The average molecular weight is 208 g/mol. The number of hydrogen-bond donors (Lipinski definition) is 1. The second-order valence-corrected chi connectivity index (χ2v) is 2.84. The van der Waals surface area contributed by atoms with Gasteiger partial charge in [0, 0.05) is 5.56 Å². The lowest BCUT2D eigenvalue weighted by atomic mass is 10.2. The summed E-state index contributed by atoms with van der Waals surface area (Å²) in [4.78, 5) is 0. The molecular weight excluding hydrogens is 204 g/mol. The van der Waals surface area contributed by atoms with E-state index in [0.717, 1.165) is 18.3 Å². The van der Waals surface area contributed by atoms with E-state index >= 15 is 0 Å². The Morgan fingerprint density at radius 2 is 1.83 bits per heavy atom. The van der Waals surface area contributed by atoms with Crippen LogP contribution in [0.5, 0.6) is 0 Å². The maximum Gasteiger partial charge on any atom is 0.126 e. The molecule has 0 aliphatic rings. The van der Waals surface area contributed by atoms with E-state index in [-0.39, 0.29) is 10.0 Å². The smallest absolute Gasteiger partial charge is 0.126 e. The first kappa shape index (κ1) is 9.29. The van der Waals surface area contributed by atoms with Crippen molar-refractivity contribution >= 4 is 29.4 Å². The van der Waals surface area contributed by atoms with Gasteiger partial charge < -0.3 is 5.21 Å². The van der Waals surface area contributed by atoms with Crippen molar-refractivity contribution in [2.24, 2.45) is 5.16 Å². The fourth-order valence-electron chi connectivity index (χ4n) is 0.734. The molecule has 0 fully saturated rings. The van der Waals surface area contributed by atoms with Crippen LogP contribution >= 0.6 is 23.2 Å². The van der Waals surface area contributed by atoms with Crippen molar-refractivity contribution in [1.29, 1.82) is 0 Å². The molecule has 1 N–H and O–H groups in total. The van der Waals surface area contributed by atoms with E-state index in [4.69, 9.17) is 28.4 Å². The fourth-order valence-corrected chi connectivity index (χ4v) is 1.29. The van der Waals surface area contributed by atoms with E-state index in [2.05, 4.69) is 5.16 Å². The zero-order chi connectivity index (χ0) is 9.14. The standard InChI is InChI=1S/C7H4Cl2FNO/c8-6-1-4(10)2-7(9)5(6)3-11-12/h1-3,12H/b11-3+. The molecule has 0 amide bonds. The van der Waals surface area contributed by atoms with Gasteiger partial charge in [-0.2, -0.15) is 0 Å². The van der Waals surface area contributed by atoms with E-state index in [0.29, 0.717) is 5.56 Å². The molecule has 0 aliphatic carbocycles. The van der Waals surface area contributed by atoms with Crippen LogP contribution in [0.15, 0.2) is 17.3 Å². The van der Waals surface area contributed by atoms with Gasteiger partial charge in [-0.3, -0.25) is 0 Å². The summed E-state index contributed by atoms with van der Waals surface area (Å²) in [6.07, 6.45) is 1.05. The third kappa shape index (κ3) is 1.87. The van der Waals surface area contributed by atoms with Crippen LogP contribution < -0.4 is 0 Å². The highest BCUT2D eigenvalue weighted by Crippen LogP contribution is 2.24. The van der Waals surface area contributed by atoms with Crippen molar-refractivity contribution in [1.82, 2.24) is 0 Å². The first-order valence-electron chi connectivity index (χ1n) is 2.97. The highest BCUT2D eigenvalue weighted by molar-refractivity contribution is 6.38. The molecule has 1 rings (SSSR count). The zero-order valence-corrected chi connectivity index (χ0v) is 7.27. The lowest BCUT2D eigenvalue weighted by Crippen LogP contribution is -1.87. The molecule has 5 heteroatoms. The van der Waals surface area contributed by atoms with Crippen molar-refractivity contribution in [2.75, 3.05) is 0 Å². The molecule has 2 nitrogen and oxygen atoms in total. The Morgan fingerprint density at radius 1 is 1.33 bits per heavy atom. The summed E-state index contributed by atoms with van der Waals surface area (Å²) < 4.78 is 12.6. The molecule has 0 spiro atoms. The Kier molecular flexibility index (Phi) is 2.89. The van der Waals surface area contributed by atoms with Crippen molar-refractivity contribution < 1.29 is 9.60 Å². The molecule has 0 heterocycles. The fraction of sp³-hybridized carbons (Fsp3) is 0. The quantitative estimate of drug-likeness (QED) is 0.429. The predicted molar refractivity (Wildman–Crippen MR) is 45.8 cm³/mol. The summed E-state index contributed by atoms with van der Waals surface area (Å²) in [5.74, 6) is -0.528. The lowest BCUT2D eigenvalue weighted by molar-refractivity contribution is 0.322. The van der Waals surface area contributed by atoms with Crippen LogP contribution in [-0.4, -0.2) is 11.4 Å². The van der Waals surface area contributed by atoms with Crippen LogP contribution in [0.2, 0.25) is 10.0 Å². The van der Waals surface area contributed by atoms with Crippen LogP contribution in [0, 0.1) is 5.82 Å². The zero-order valence-electron chi connectivity index (χ0n) is 5.76. The molecule has 1 aromatic carbocycles. The minimum atomic E-state index is -0.528. The Labute approximate surface area is 78.2 Å². The van der Waals surface area contributed by atoms with Crippen LogP contribution in [0.4, 0.5) is 4.39 Å². The molecule has 0 radical (unpaired) electrons. The Balaban J connectivity index is 3.28. The van der Waals surface area contributed by atoms with Gasteiger partial charge in [-0.05, 0) is 12.1 Å². The SMILES string of the molecule is O/N=C/c1c(Cl)cc(F)cc1Cl. The molecule has 64 valence electrons. The molecule has 0 atom stereocenters. The minimum Gasteiger partial charge on any atom is -0.411 e. The second kappa shape index (κ2) is 3.74. The number of rotatable bonds is 1. The van der Waals surface area contributed by atoms with Gasteiger partial charge in [-0.1, -0.05) is 28.4 Å². The van der Waals surface area contributed by atoms with Gasteiger partial charge in [0.05, 0.1) is 16.3 Å². The van der Waals surface area contributed by atoms with E-state index < -0.39 is 5.82 Å². The molecule has 0 aliphatic heterocycles. The maximum atomic E-state index is 12.6. The lowest BCUT2D eigenvalue weighted by Gasteiger charge is -1.99. The highest BCUT2D eigenvalue weighted by Gasteiger charge is 2.05. The predicted octanol–water partition coefficient (Wildman–Crippen LogP) is 2.94. The van der Waals surface area contributed by atoms with Crippen LogP contribution in [0.1, 0.15) is 5.56 Å². The summed E-state index contributed by atoms with van der Waals surface area (Å²) in [7, 11) is 0. The van der Waals surface area contributed by atoms with Gasteiger partial charge in [0.15, 0.2) is 0 Å². The third-order valence-corrected chi connectivity index (χ3v) is 1.86. The summed E-state index contributed by atoms with van der Waals surface area (Å²) in [5.41, 5.74) is 0.294. The molecular formula is C7H4Cl2FNO. The van der Waals surface area contributed by atoms with Crippen LogP contribution in [0.25, 0.3) is 0 Å². The number of benzene rings is 1. The molecule has 0 saturated heterocycles. The number of hydrogen-bond acceptors (Lipinski definition) is 2. The van der Waals surface area contributed by atoms with Gasteiger partial charge in [-0.25, -0.2) is 4.39 Å². The van der Waals surface area contributed by atoms with Gasteiger partial charge in [0.1, 0.15) is 5.82 Å². The Bertz CT molecular complexity index is 304. The van der Waals surface area contributed by atoms with Gasteiger partial charge >= 0.3 is 0 Å². The summed E-state index contributed by atoms with van der Waals surface area (Å²) in [5, 5.41) is 11.2. The maximum absolute atomic E-state index is 12.6. The van der Waals surface area contributed by atoms with Gasteiger partial charge in [-0.15, -0.1) is 0 Å². The topological polar surface area (TPSA) is 32.6 Å². The number of oxime groups is 1. The summed E-state index contributed by atoms with van der Waals surface area (Å²) in [6, 6.07) is 2.18. The van der Waals surface area contributed by atoms with Gasteiger partial charge in [0.25, 0.3) is 0 Å². The van der Waals surface area contributed by atoms with E-state index in [9.17, 15) is 4.39 Å². The highest BCUT2D eigenvalue weighted by atomic mass is 35.5. The van der Waals surface area contributed by atoms with Crippen LogP contribution in [-0.2, 0) is 0 Å². The summed E-state index contributed by atoms with van der Waals surface area (Å²) in [6.45, 7) is 0. The average Bonchev–Trinajstić information content (AvgIpc) is 1.96. The molecule has 0 bridgehead atoms. The molecule has 1 aromatic rings.